The van der Waals surface area contributed by atoms with E-state index in [0.717, 1.165) is 56.1 Å². The molecule has 130 valence electrons. The molecule has 4 rings (SSSR count). The molecule has 1 amide bonds. The van der Waals surface area contributed by atoms with Gasteiger partial charge in [0.15, 0.2) is 0 Å². The Hall–Kier alpha value is -1.65. The van der Waals surface area contributed by atoms with Crippen LogP contribution in [0.1, 0.15) is 63.0 Å². The molecule has 5 nitrogen and oxygen atoms in total. The molecule has 1 saturated carbocycles. The molecule has 0 unspecified atom stereocenters. The molecule has 0 bridgehead atoms. The summed E-state index contributed by atoms with van der Waals surface area (Å²) in [6.07, 6.45) is 5.60. The number of aryl methyl sites for hydroxylation is 1. The minimum absolute atomic E-state index is 0.203. The van der Waals surface area contributed by atoms with Crippen molar-refractivity contribution in [2.75, 3.05) is 18.0 Å². The third-order valence-electron chi connectivity index (χ3n) is 6.03. The predicted octanol–water partition coefficient (Wildman–Crippen LogP) is 3.05. The van der Waals surface area contributed by atoms with E-state index in [4.69, 9.17) is 0 Å². The Balaban J connectivity index is 1.50. The van der Waals surface area contributed by atoms with Crippen molar-refractivity contribution in [3.8, 4) is 0 Å². The van der Waals surface area contributed by atoms with Crippen molar-refractivity contribution in [1.82, 2.24) is 14.9 Å². The summed E-state index contributed by atoms with van der Waals surface area (Å²) >= 11 is 0. The Labute approximate surface area is 144 Å². The third-order valence-corrected chi connectivity index (χ3v) is 6.03. The fraction of sp³-hybridized carbons (Fsp3) is 0.737. The van der Waals surface area contributed by atoms with Gasteiger partial charge in [-0.3, -0.25) is 4.79 Å². The van der Waals surface area contributed by atoms with E-state index in [1.165, 1.54) is 12.0 Å². The number of amides is 1. The summed E-state index contributed by atoms with van der Waals surface area (Å²) in [5.74, 6) is 2.43. The van der Waals surface area contributed by atoms with Crippen LogP contribution < -0.4 is 4.90 Å². The molecular weight excluding hydrogens is 300 g/mol. The number of hydrogen-bond donors (Lipinski definition) is 0. The van der Waals surface area contributed by atoms with Gasteiger partial charge in [-0.1, -0.05) is 13.8 Å². The second-order valence-corrected chi connectivity index (χ2v) is 8.49. The molecule has 0 N–H and O–H groups in total. The summed E-state index contributed by atoms with van der Waals surface area (Å²) in [4.78, 5) is 26.6. The van der Waals surface area contributed by atoms with Crippen molar-refractivity contribution < 1.29 is 4.79 Å². The molecule has 24 heavy (non-hydrogen) atoms. The van der Waals surface area contributed by atoms with Crippen LogP contribution in [0.5, 0.6) is 0 Å². The number of nitrogens with zero attached hydrogens (tertiary/aromatic N) is 4. The second-order valence-electron chi connectivity index (χ2n) is 8.49. The zero-order valence-corrected chi connectivity index (χ0v) is 15.1. The zero-order valence-electron chi connectivity index (χ0n) is 15.1. The van der Waals surface area contributed by atoms with Gasteiger partial charge in [0.2, 0.25) is 5.91 Å². The summed E-state index contributed by atoms with van der Waals surface area (Å²) in [6.45, 7) is 10.1. The molecule has 3 aliphatic rings. The lowest BCUT2D eigenvalue weighted by Gasteiger charge is -2.35. The zero-order chi connectivity index (χ0) is 16.9. The molecule has 0 aromatic carbocycles. The lowest BCUT2D eigenvalue weighted by molar-refractivity contribution is -0.137. The average molecular weight is 328 g/mol. The van der Waals surface area contributed by atoms with Crippen LogP contribution in [0.4, 0.5) is 5.82 Å². The first-order valence-electron chi connectivity index (χ1n) is 9.33. The van der Waals surface area contributed by atoms with E-state index in [1.807, 2.05) is 11.8 Å². The van der Waals surface area contributed by atoms with Crippen LogP contribution in [0.3, 0.4) is 0 Å². The summed E-state index contributed by atoms with van der Waals surface area (Å²) in [5.41, 5.74) is 2.65. The first-order chi connectivity index (χ1) is 11.4. The number of fused-ring (bicyclic) bond motifs is 1. The van der Waals surface area contributed by atoms with Crippen LogP contribution in [-0.4, -0.2) is 33.9 Å². The highest BCUT2D eigenvalue weighted by Crippen LogP contribution is 2.40. The summed E-state index contributed by atoms with van der Waals surface area (Å²) < 4.78 is 0. The number of carbonyl (C=O) groups excluding carboxylic acids is 1. The van der Waals surface area contributed by atoms with Crippen LogP contribution in [0, 0.1) is 18.3 Å². The Morgan fingerprint density at radius 3 is 2.46 bits per heavy atom. The SMILES string of the molecule is Cc1nc2c(c(N3CCC3)n1)CN(C(=O)C1CCC(C)(C)CC1)C2. The highest BCUT2D eigenvalue weighted by atomic mass is 16.2. The van der Waals surface area contributed by atoms with Crippen LogP contribution in [0.15, 0.2) is 0 Å². The molecule has 1 aromatic rings. The van der Waals surface area contributed by atoms with Gasteiger partial charge in [-0.15, -0.1) is 0 Å². The molecule has 0 atom stereocenters. The largest absolute Gasteiger partial charge is 0.356 e. The maximum atomic E-state index is 13.0. The van der Waals surface area contributed by atoms with Gasteiger partial charge in [0.25, 0.3) is 0 Å². The average Bonchev–Trinajstić information content (AvgIpc) is 2.88. The van der Waals surface area contributed by atoms with Crippen molar-refractivity contribution in [2.45, 2.75) is 66.0 Å². The highest BCUT2D eigenvalue weighted by molar-refractivity contribution is 5.80. The van der Waals surface area contributed by atoms with Crippen molar-refractivity contribution in [3.05, 3.63) is 17.1 Å². The summed E-state index contributed by atoms with van der Waals surface area (Å²) in [7, 11) is 0. The van der Waals surface area contributed by atoms with E-state index >= 15 is 0 Å². The molecule has 3 heterocycles. The van der Waals surface area contributed by atoms with Gasteiger partial charge in [0.1, 0.15) is 11.6 Å². The molecule has 5 heteroatoms. The molecule has 0 radical (unpaired) electrons. The maximum absolute atomic E-state index is 13.0. The normalized spacial score (nSPS) is 23.1. The number of hydrogen-bond acceptors (Lipinski definition) is 4. The van der Waals surface area contributed by atoms with E-state index in [-0.39, 0.29) is 5.92 Å². The Kier molecular flexibility index (Phi) is 3.77. The lowest BCUT2D eigenvalue weighted by atomic mass is 9.73. The Morgan fingerprint density at radius 1 is 1.12 bits per heavy atom. The first-order valence-corrected chi connectivity index (χ1v) is 9.33. The molecule has 1 aliphatic carbocycles. The van der Waals surface area contributed by atoms with Gasteiger partial charge in [-0.25, -0.2) is 9.97 Å². The fourth-order valence-corrected chi connectivity index (χ4v) is 4.21. The van der Waals surface area contributed by atoms with E-state index < -0.39 is 0 Å². The molecule has 1 aromatic heterocycles. The molecular formula is C19H28N4O. The minimum atomic E-state index is 0.203. The van der Waals surface area contributed by atoms with Crippen LogP contribution >= 0.6 is 0 Å². The first kappa shape index (κ1) is 15.9. The van der Waals surface area contributed by atoms with E-state index in [1.54, 1.807) is 0 Å². The number of aromatic nitrogens is 2. The quantitative estimate of drug-likeness (QED) is 0.837. The van der Waals surface area contributed by atoms with Crippen LogP contribution in [0.25, 0.3) is 0 Å². The van der Waals surface area contributed by atoms with Gasteiger partial charge in [-0.05, 0) is 44.4 Å². The molecule has 2 fully saturated rings. The topological polar surface area (TPSA) is 49.3 Å². The van der Waals surface area contributed by atoms with Crippen molar-refractivity contribution >= 4 is 11.7 Å². The van der Waals surface area contributed by atoms with Gasteiger partial charge >= 0.3 is 0 Å². The molecule has 0 spiro atoms. The fourth-order valence-electron chi connectivity index (χ4n) is 4.21. The molecule has 1 saturated heterocycles. The highest BCUT2D eigenvalue weighted by Gasteiger charge is 2.36. The van der Waals surface area contributed by atoms with Crippen molar-refractivity contribution in [1.29, 1.82) is 0 Å². The third kappa shape index (κ3) is 2.78. The second kappa shape index (κ2) is 5.71. The van der Waals surface area contributed by atoms with Gasteiger partial charge in [0, 0.05) is 24.6 Å². The summed E-state index contributed by atoms with van der Waals surface area (Å²) in [5, 5.41) is 0. The monoisotopic (exact) mass is 328 g/mol. The van der Waals surface area contributed by atoms with Crippen LogP contribution in [0.2, 0.25) is 0 Å². The Bertz CT molecular complexity index is 656. The van der Waals surface area contributed by atoms with E-state index in [9.17, 15) is 4.79 Å². The standard InChI is InChI=1S/C19H28N4O/c1-13-20-16-12-23(11-15(16)17(21-13)22-9-4-10-22)18(24)14-5-7-19(2,3)8-6-14/h14H,4-12H2,1-3H3. The van der Waals surface area contributed by atoms with E-state index in [2.05, 4.69) is 28.7 Å². The smallest absolute Gasteiger partial charge is 0.226 e. The lowest BCUT2D eigenvalue weighted by Crippen LogP contribution is -2.39. The minimum Gasteiger partial charge on any atom is -0.356 e. The van der Waals surface area contributed by atoms with Crippen molar-refractivity contribution in [2.24, 2.45) is 11.3 Å². The van der Waals surface area contributed by atoms with E-state index in [0.29, 0.717) is 24.4 Å². The number of carbonyl (C=O) groups is 1. The number of anilines is 1. The maximum Gasteiger partial charge on any atom is 0.226 e. The van der Waals surface area contributed by atoms with Crippen LogP contribution in [-0.2, 0) is 17.9 Å². The predicted molar refractivity (Wildman–Crippen MR) is 93.6 cm³/mol. The number of rotatable bonds is 2. The van der Waals surface area contributed by atoms with Gasteiger partial charge < -0.3 is 9.80 Å². The van der Waals surface area contributed by atoms with Gasteiger partial charge in [-0.2, -0.15) is 0 Å². The Morgan fingerprint density at radius 2 is 1.83 bits per heavy atom. The molecule has 2 aliphatic heterocycles. The van der Waals surface area contributed by atoms with Crippen molar-refractivity contribution in [3.63, 3.8) is 0 Å². The van der Waals surface area contributed by atoms with Gasteiger partial charge in [0.05, 0.1) is 18.8 Å². The summed E-state index contributed by atoms with van der Waals surface area (Å²) in [6, 6.07) is 0.